The van der Waals surface area contributed by atoms with Gasteiger partial charge in [-0.05, 0) is 67.4 Å². The number of hydrogen-bond acceptors (Lipinski definition) is 5. The van der Waals surface area contributed by atoms with E-state index >= 15 is 0 Å². The Morgan fingerprint density at radius 3 is 2.96 bits per heavy atom. The molecule has 4 heterocycles. The number of nitrogens with zero attached hydrogens (tertiary/aromatic N) is 5. The summed E-state index contributed by atoms with van der Waals surface area (Å²) in [7, 11) is 1.92. The molecule has 3 unspecified atom stereocenters. The van der Waals surface area contributed by atoms with E-state index in [9.17, 15) is 0 Å². The third kappa shape index (κ3) is 3.46. The highest BCUT2D eigenvalue weighted by molar-refractivity contribution is 14.2. The molecule has 4 rings (SSSR count). The number of hydrogen-bond donors (Lipinski definition) is 1. The highest BCUT2D eigenvalue weighted by atomic mass is 127. The average molecular weight is 510 g/mol. The van der Waals surface area contributed by atoms with Crippen molar-refractivity contribution in [3.63, 3.8) is 0 Å². The Bertz CT molecular complexity index is 1020. The van der Waals surface area contributed by atoms with Crippen molar-refractivity contribution >= 4 is 45.4 Å². The Morgan fingerprint density at radius 2 is 2.29 bits per heavy atom. The number of aromatic nitrogens is 5. The van der Waals surface area contributed by atoms with Gasteiger partial charge in [-0.25, -0.2) is 9.13 Å². The van der Waals surface area contributed by atoms with Gasteiger partial charge in [0, 0.05) is 18.5 Å². The molecule has 1 aliphatic rings. The van der Waals surface area contributed by atoms with Crippen LogP contribution in [0.4, 0.5) is 0 Å². The van der Waals surface area contributed by atoms with Crippen LogP contribution in [0, 0.1) is 6.92 Å². The molecule has 28 heavy (non-hydrogen) atoms. The lowest BCUT2D eigenvalue weighted by Crippen LogP contribution is -2.37. The molecule has 1 fully saturated rings. The van der Waals surface area contributed by atoms with Crippen molar-refractivity contribution in [3.05, 3.63) is 30.2 Å². The van der Waals surface area contributed by atoms with Gasteiger partial charge in [-0.1, -0.05) is 6.58 Å². The first kappa shape index (κ1) is 19.8. The van der Waals surface area contributed by atoms with Gasteiger partial charge in [0.1, 0.15) is 6.10 Å². The first-order valence-electron chi connectivity index (χ1n) is 9.35. The first-order valence-corrected chi connectivity index (χ1v) is 13.4. The van der Waals surface area contributed by atoms with Crippen LogP contribution in [0.15, 0.2) is 18.8 Å². The second kappa shape index (κ2) is 8.08. The predicted octanol–water partition coefficient (Wildman–Crippen LogP) is 4.09. The molecule has 3 aromatic rings. The third-order valence-corrected chi connectivity index (χ3v) is 7.13. The molecule has 0 amide bonds. The largest absolute Gasteiger partial charge is 0.473 e. The minimum atomic E-state index is 0.0616. The summed E-state index contributed by atoms with van der Waals surface area (Å²) in [6, 6.07) is 2.44. The average Bonchev–Trinajstić information content (AvgIpc) is 3.40. The molecule has 3 atom stereocenters. The normalized spacial score (nSPS) is 18.4. The number of nitrogens with one attached hydrogen (secondary N) is 1. The summed E-state index contributed by atoms with van der Waals surface area (Å²) < 4.78 is 10.2. The fourth-order valence-electron chi connectivity index (χ4n) is 3.83. The number of rotatable bonds is 6. The molecular formula is C19H24IN6OP. The zero-order valence-electron chi connectivity index (χ0n) is 16.2. The van der Waals surface area contributed by atoms with E-state index in [-0.39, 0.29) is 6.10 Å². The minimum Gasteiger partial charge on any atom is -0.473 e. The maximum absolute atomic E-state index is 6.39. The van der Waals surface area contributed by atoms with Crippen LogP contribution in [0.25, 0.3) is 28.2 Å². The topological polar surface area (TPSA) is 69.8 Å². The van der Waals surface area contributed by atoms with Crippen LogP contribution in [0.5, 0.6) is 5.88 Å². The van der Waals surface area contributed by atoms with E-state index in [1.165, 1.54) is 6.42 Å². The second-order valence-corrected chi connectivity index (χ2v) is 9.13. The zero-order chi connectivity index (χ0) is 19.8. The lowest BCUT2D eigenvalue weighted by Gasteiger charge is -2.21. The number of pyridine rings is 1. The smallest absolute Gasteiger partial charge is 0.221 e. The molecular weight excluding hydrogens is 486 g/mol. The van der Waals surface area contributed by atoms with E-state index in [4.69, 9.17) is 9.72 Å². The molecule has 1 N–H and O–H groups in total. The Hall–Kier alpha value is -1.51. The van der Waals surface area contributed by atoms with E-state index in [1.54, 1.807) is 6.08 Å². The predicted molar refractivity (Wildman–Crippen MR) is 123 cm³/mol. The van der Waals surface area contributed by atoms with Gasteiger partial charge < -0.3 is 10.1 Å². The van der Waals surface area contributed by atoms with E-state index < -0.39 is 0 Å². The number of fused-ring (bicyclic) bond motifs is 1. The minimum absolute atomic E-state index is 0.0616. The van der Waals surface area contributed by atoms with Crippen molar-refractivity contribution in [1.82, 2.24) is 29.6 Å². The molecule has 0 aliphatic carbocycles. The summed E-state index contributed by atoms with van der Waals surface area (Å²) in [5.41, 5.74) is 4.57. The molecule has 148 valence electrons. The molecule has 1 saturated heterocycles. The first-order chi connectivity index (χ1) is 13.5. The van der Waals surface area contributed by atoms with E-state index in [1.807, 2.05) is 29.3 Å². The Kier molecular flexibility index (Phi) is 5.71. The molecule has 0 saturated carbocycles. The van der Waals surface area contributed by atoms with Crippen LogP contribution in [0.1, 0.15) is 31.2 Å². The Labute approximate surface area is 179 Å². The van der Waals surface area contributed by atoms with Crippen LogP contribution in [0.2, 0.25) is 0 Å². The third-order valence-electron chi connectivity index (χ3n) is 5.26. The van der Waals surface area contributed by atoms with Gasteiger partial charge in [0.25, 0.3) is 0 Å². The molecule has 3 aromatic heterocycles. The quantitative estimate of drug-likeness (QED) is 0.400. The molecule has 0 bridgehead atoms. The van der Waals surface area contributed by atoms with Crippen molar-refractivity contribution in [2.45, 2.75) is 38.8 Å². The van der Waals surface area contributed by atoms with E-state index in [0.29, 0.717) is 12.4 Å². The highest BCUT2D eigenvalue weighted by Crippen LogP contribution is 2.36. The van der Waals surface area contributed by atoms with Gasteiger partial charge in [0.2, 0.25) is 5.88 Å². The standard InChI is InChI=1S/C19H24IN6OP/c1-5-14-13-9-16(22-10-17(13)26(24-14)28-20)18-11(2)23-25(4)19(18)27-12(3)15-7-6-8-21-15/h5,9-10,12,15,21,28H,1,6-8H2,2-4H3. The summed E-state index contributed by atoms with van der Waals surface area (Å²) in [6.45, 7) is 9.08. The van der Waals surface area contributed by atoms with Gasteiger partial charge in [-0.3, -0.25) is 4.98 Å². The van der Waals surface area contributed by atoms with Crippen molar-refractivity contribution in [1.29, 1.82) is 0 Å². The molecule has 1 aliphatic heterocycles. The second-order valence-electron chi connectivity index (χ2n) is 7.09. The summed E-state index contributed by atoms with van der Waals surface area (Å²) >= 11 is 2.32. The van der Waals surface area contributed by atoms with Gasteiger partial charge in [0.15, 0.2) is 0 Å². The van der Waals surface area contributed by atoms with Crippen molar-refractivity contribution in [2.24, 2.45) is 7.05 Å². The lowest BCUT2D eigenvalue weighted by molar-refractivity contribution is 0.166. The van der Waals surface area contributed by atoms with E-state index in [2.05, 4.69) is 57.1 Å². The number of ether oxygens (including phenoxy) is 1. The summed E-state index contributed by atoms with van der Waals surface area (Å²) in [5.74, 6) is 0.758. The van der Waals surface area contributed by atoms with Crippen LogP contribution in [-0.2, 0) is 7.05 Å². The monoisotopic (exact) mass is 510 g/mol. The van der Waals surface area contributed by atoms with E-state index in [0.717, 1.165) is 52.4 Å². The maximum Gasteiger partial charge on any atom is 0.221 e. The fraction of sp³-hybridized carbons (Fsp3) is 0.421. The Balaban J connectivity index is 1.77. The molecule has 0 spiro atoms. The summed E-state index contributed by atoms with van der Waals surface area (Å²) in [4.78, 5) is 4.73. The van der Waals surface area contributed by atoms with Gasteiger partial charge in [-0.15, -0.1) is 0 Å². The molecule has 9 heteroatoms. The van der Waals surface area contributed by atoms with Crippen LogP contribution in [-0.4, -0.2) is 43.0 Å². The maximum atomic E-state index is 6.39. The van der Waals surface area contributed by atoms with Crippen LogP contribution >= 0.6 is 28.4 Å². The molecule has 0 aromatic carbocycles. The van der Waals surface area contributed by atoms with Crippen molar-refractivity contribution < 1.29 is 4.74 Å². The summed E-state index contributed by atoms with van der Waals surface area (Å²) in [6.07, 6.45) is 6.58. The zero-order valence-corrected chi connectivity index (χ0v) is 19.4. The van der Waals surface area contributed by atoms with Crippen molar-refractivity contribution in [2.75, 3.05) is 6.54 Å². The van der Waals surface area contributed by atoms with Gasteiger partial charge in [0.05, 0.1) is 40.7 Å². The fourth-order valence-corrected chi connectivity index (χ4v) is 5.34. The lowest BCUT2D eigenvalue weighted by atomic mass is 10.1. The number of aryl methyl sites for hydroxylation is 2. The highest BCUT2D eigenvalue weighted by Gasteiger charge is 2.26. The van der Waals surface area contributed by atoms with Crippen LogP contribution < -0.4 is 10.1 Å². The van der Waals surface area contributed by atoms with Gasteiger partial charge in [-0.2, -0.15) is 10.2 Å². The Morgan fingerprint density at radius 1 is 1.46 bits per heavy atom. The number of halogens is 1. The SMILES string of the molecule is C=Cc1nn(PI)c2cnc(-c3c(C)nn(C)c3OC(C)C3CCCN3)cc12. The van der Waals surface area contributed by atoms with Gasteiger partial charge >= 0.3 is 0 Å². The molecule has 7 nitrogen and oxygen atoms in total. The summed E-state index contributed by atoms with van der Waals surface area (Å²) in [5, 5.41) is 13.8. The molecule has 0 radical (unpaired) electrons. The van der Waals surface area contributed by atoms with Crippen LogP contribution in [0.3, 0.4) is 0 Å². The van der Waals surface area contributed by atoms with Crippen molar-refractivity contribution in [3.8, 4) is 17.1 Å².